The second-order valence-electron chi connectivity index (χ2n) is 4.52. The van der Waals surface area contributed by atoms with Crippen LogP contribution in [0.2, 0.25) is 0 Å². The fourth-order valence-corrected chi connectivity index (χ4v) is 2.78. The van der Waals surface area contributed by atoms with Gasteiger partial charge in [0.05, 0.1) is 6.07 Å². The fourth-order valence-electron chi connectivity index (χ4n) is 1.92. The average molecular weight is 322 g/mol. The van der Waals surface area contributed by atoms with Gasteiger partial charge in [0.1, 0.15) is 10.8 Å². The summed E-state index contributed by atoms with van der Waals surface area (Å²) in [5, 5.41) is 11.4. The van der Waals surface area contributed by atoms with Gasteiger partial charge in [-0.1, -0.05) is 18.2 Å². The Morgan fingerprint density at radius 1 is 1.45 bits per heavy atom. The molecule has 22 heavy (non-hydrogen) atoms. The van der Waals surface area contributed by atoms with Crippen LogP contribution in [0, 0.1) is 18.3 Å². The number of hydrogen-bond acceptors (Lipinski definition) is 5. The number of halogens is 2. The van der Waals surface area contributed by atoms with E-state index in [-0.39, 0.29) is 12.2 Å². The molecule has 1 aromatic carbocycles. The van der Waals surface area contributed by atoms with E-state index >= 15 is 0 Å². The van der Waals surface area contributed by atoms with Crippen molar-refractivity contribution >= 4 is 17.1 Å². The van der Waals surface area contributed by atoms with Gasteiger partial charge in [-0.2, -0.15) is 14.0 Å². The van der Waals surface area contributed by atoms with Crippen molar-refractivity contribution < 1.29 is 18.3 Å². The first kappa shape index (κ1) is 16.0. The lowest BCUT2D eigenvalue weighted by atomic mass is 9.99. The zero-order valence-electron chi connectivity index (χ0n) is 11.6. The molecule has 0 saturated carbocycles. The minimum Gasteiger partial charge on any atom is -0.435 e. The van der Waals surface area contributed by atoms with Crippen molar-refractivity contribution in [1.29, 1.82) is 5.26 Å². The predicted molar refractivity (Wildman–Crippen MR) is 77.0 cm³/mol. The monoisotopic (exact) mass is 322 g/mol. The molecule has 0 unspecified atom stereocenters. The molecule has 1 atom stereocenters. The van der Waals surface area contributed by atoms with E-state index in [1.165, 1.54) is 29.5 Å². The maximum atomic E-state index is 12.4. The van der Waals surface area contributed by atoms with Crippen molar-refractivity contribution in [3.8, 4) is 11.8 Å². The molecule has 0 N–H and O–H groups in total. The van der Waals surface area contributed by atoms with Crippen LogP contribution in [0.3, 0.4) is 0 Å². The number of para-hydroxylation sites is 1. The highest BCUT2D eigenvalue weighted by Gasteiger charge is 2.24. The number of hydrogen-bond donors (Lipinski definition) is 0. The summed E-state index contributed by atoms with van der Waals surface area (Å²) >= 11 is 1.23. The molecular formula is C15H12F2N2O2S. The number of nitriles is 1. The number of alkyl halides is 2. The first-order valence-corrected chi connectivity index (χ1v) is 7.26. The van der Waals surface area contributed by atoms with E-state index in [0.29, 0.717) is 10.6 Å². The fraction of sp³-hybridized carbons (Fsp3) is 0.267. The van der Waals surface area contributed by atoms with Crippen LogP contribution < -0.4 is 4.74 Å². The molecule has 0 aliphatic heterocycles. The molecule has 0 radical (unpaired) electrons. The standard InChI is InChI=1S/C15H12F2N2O2S/c1-9-8-22-14(19-9)11(7-18)12(20)6-10-4-2-3-5-13(10)21-15(16)17/h2-5,8,11,15H,6H2,1H3/t11-/m1/s1. The molecule has 0 aliphatic carbocycles. The van der Waals surface area contributed by atoms with Gasteiger partial charge in [0.15, 0.2) is 11.7 Å². The Bertz CT molecular complexity index is 710. The van der Waals surface area contributed by atoms with E-state index in [2.05, 4.69) is 9.72 Å². The number of carbonyl (C=O) groups excluding carboxylic acids is 1. The third-order valence-corrected chi connectivity index (χ3v) is 3.92. The van der Waals surface area contributed by atoms with Crippen LogP contribution in [0.25, 0.3) is 0 Å². The van der Waals surface area contributed by atoms with Crippen molar-refractivity contribution in [3.63, 3.8) is 0 Å². The quantitative estimate of drug-likeness (QED) is 0.817. The van der Waals surface area contributed by atoms with Crippen LogP contribution in [0.5, 0.6) is 5.75 Å². The summed E-state index contributed by atoms with van der Waals surface area (Å²) in [4.78, 5) is 16.4. The molecule has 0 aliphatic rings. The molecule has 0 spiro atoms. The van der Waals surface area contributed by atoms with Gasteiger partial charge in [-0.05, 0) is 13.0 Å². The van der Waals surface area contributed by atoms with Crippen LogP contribution in [0.15, 0.2) is 29.6 Å². The maximum Gasteiger partial charge on any atom is 0.387 e. The molecule has 0 fully saturated rings. The Morgan fingerprint density at radius 2 is 2.18 bits per heavy atom. The number of Topliss-reactive ketones (excluding diaryl/α,β-unsaturated/α-hetero) is 1. The van der Waals surface area contributed by atoms with Crippen molar-refractivity contribution in [2.24, 2.45) is 0 Å². The minimum absolute atomic E-state index is 0.0575. The van der Waals surface area contributed by atoms with Crippen molar-refractivity contribution in [2.45, 2.75) is 25.9 Å². The summed E-state index contributed by atoms with van der Waals surface area (Å²) in [6.07, 6.45) is -0.167. The Labute approximate surface area is 130 Å². The zero-order chi connectivity index (χ0) is 16.1. The number of benzene rings is 1. The molecule has 7 heteroatoms. The molecule has 114 valence electrons. The van der Waals surface area contributed by atoms with Crippen molar-refractivity contribution in [2.75, 3.05) is 0 Å². The largest absolute Gasteiger partial charge is 0.435 e. The van der Waals surface area contributed by atoms with Gasteiger partial charge in [0.2, 0.25) is 0 Å². The highest BCUT2D eigenvalue weighted by molar-refractivity contribution is 7.09. The van der Waals surface area contributed by atoms with Gasteiger partial charge in [-0.25, -0.2) is 4.98 Å². The first-order chi connectivity index (χ1) is 10.5. The van der Waals surface area contributed by atoms with Crippen LogP contribution in [0.1, 0.15) is 22.2 Å². The number of ether oxygens (including phenoxy) is 1. The summed E-state index contributed by atoms with van der Waals surface area (Å²) in [6.45, 7) is -1.20. The Kier molecular flexibility index (Phi) is 5.17. The van der Waals surface area contributed by atoms with Gasteiger partial charge < -0.3 is 4.74 Å². The second-order valence-corrected chi connectivity index (χ2v) is 5.41. The molecule has 2 aromatic rings. The molecule has 0 saturated heterocycles. The lowest BCUT2D eigenvalue weighted by Crippen LogP contribution is -2.15. The van der Waals surface area contributed by atoms with Gasteiger partial charge in [-0.3, -0.25) is 4.79 Å². The highest BCUT2D eigenvalue weighted by atomic mass is 32.1. The Balaban J connectivity index is 2.19. The number of aryl methyl sites for hydroxylation is 1. The third-order valence-electron chi connectivity index (χ3n) is 2.89. The van der Waals surface area contributed by atoms with E-state index in [0.717, 1.165) is 5.69 Å². The molecule has 0 bridgehead atoms. The van der Waals surface area contributed by atoms with E-state index in [9.17, 15) is 18.8 Å². The number of aromatic nitrogens is 1. The van der Waals surface area contributed by atoms with Gasteiger partial charge >= 0.3 is 6.61 Å². The second kappa shape index (κ2) is 7.09. The lowest BCUT2D eigenvalue weighted by Gasteiger charge is -2.11. The highest BCUT2D eigenvalue weighted by Crippen LogP contribution is 2.26. The van der Waals surface area contributed by atoms with Crippen LogP contribution >= 0.6 is 11.3 Å². The number of carbonyl (C=O) groups is 1. The summed E-state index contributed by atoms with van der Waals surface area (Å²) in [5.74, 6) is -1.46. The Hall–Kier alpha value is -2.33. The van der Waals surface area contributed by atoms with Crippen molar-refractivity contribution in [3.05, 3.63) is 45.9 Å². The van der Waals surface area contributed by atoms with Gasteiger partial charge in [0, 0.05) is 23.1 Å². The summed E-state index contributed by atoms with van der Waals surface area (Å²) in [6, 6.07) is 7.97. The van der Waals surface area contributed by atoms with E-state index < -0.39 is 18.3 Å². The zero-order valence-corrected chi connectivity index (χ0v) is 12.4. The maximum absolute atomic E-state index is 12.4. The van der Waals surface area contributed by atoms with Crippen molar-refractivity contribution in [1.82, 2.24) is 4.98 Å². The van der Waals surface area contributed by atoms with Gasteiger partial charge in [0.25, 0.3) is 0 Å². The topological polar surface area (TPSA) is 63.0 Å². The molecule has 1 heterocycles. The lowest BCUT2D eigenvalue weighted by molar-refractivity contribution is -0.118. The van der Waals surface area contributed by atoms with Gasteiger partial charge in [-0.15, -0.1) is 11.3 Å². The molecule has 0 amide bonds. The summed E-state index contributed by atoms with van der Waals surface area (Å²) in [7, 11) is 0. The van der Waals surface area contributed by atoms with E-state index in [1.807, 2.05) is 6.07 Å². The molecule has 2 rings (SSSR count). The third kappa shape index (κ3) is 3.86. The van der Waals surface area contributed by atoms with Crippen LogP contribution in [-0.2, 0) is 11.2 Å². The minimum atomic E-state index is -2.97. The van der Waals surface area contributed by atoms with E-state index in [4.69, 9.17) is 0 Å². The number of thiazole rings is 1. The average Bonchev–Trinajstić information content (AvgIpc) is 2.87. The van der Waals surface area contributed by atoms with Crippen LogP contribution in [-0.4, -0.2) is 17.4 Å². The number of nitrogens with zero attached hydrogens (tertiary/aromatic N) is 2. The normalized spacial score (nSPS) is 12.0. The SMILES string of the molecule is Cc1csc([C@H](C#N)C(=O)Cc2ccccc2OC(F)F)n1. The molecule has 1 aromatic heterocycles. The number of ketones is 1. The molecule has 4 nitrogen and oxygen atoms in total. The summed E-state index contributed by atoms with van der Waals surface area (Å²) in [5.41, 5.74) is 1.05. The predicted octanol–water partition coefficient (Wildman–Crippen LogP) is 3.47. The first-order valence-electron chi connectivity index (χ1n) is 6.38. The number of rotatable bonds is 6. The van der Waals surface area contributed by atoms with E-state index in [1.54, 1.807) is 18.4 Å². The molecular weight excluding hydrogens is 310 g/mol. The Morgan fingerprint density at radius 3 is 2.77 bits per heavy atom. The smallest absolute Gasteiger partial charge is 0.387 e. The van der Waals surface area contributed by atoms with Crippen LogP contribution in [0.4, 0.5) is 8.78 Å². The summed E-state index contributed by atoms with van der Waals surface area (Å²) < 4.78 is 29.1.